The van der Waals surface area contributed by atoms with Crippen molar-refractivity contribution in [1.29, 1.82) is 0 Å². The Balaban J connectivity index is 0.000000151. The number of benzene rings is 2. The quantitative estimate of drug-likeness (QED) is 0.439. The minimum atomic E-state index is 0.201. The number of phenols is 2. The zero-order valence-corrected chi connectivity index (χ0v) is 13.8. The van der Waals surface area contributed by atoms with E-state index in [9.17, 15) is 10.2 Å². The maximum atomic E-state index is 9.22. The fraction of sp³-hybridized carbons (Fsp3) is 0. The Labute approximate surface area is 149 Å². The molecule has 2 aromatic carbocycles. The lowest BCUT2D eigenvalue weighted by molar-refractivity contribution is 0.474. The van der Waals surface area contributed by atoms with Gasteiger partial charge in [0, 0.05) is 24.3 Å². The SMILES string of the molecule is Nc1ccnn1-c1cccc(O)c1.Nc1ccnn1-c1cccc(O)c1. The van der Waals surface area contributed by atoms with Crippen molar-refractivity contribution in [2.75, 3.05) is 11.5 Å². The molecule has 6 N–H and O–H groups in total. The van der Waals surface area contributed by atoms with E-state index >= 15 is 0 Å². The third-order valence-corrected chi connectivity index (χ3v) is 3.49. The van der Waals surface area contributed by atoms with Crippen LogP contribution in [0.2, 0.25) is 0 Å². The number of aromatic hydroxyl groups is 2. The predicted octanol–water partition coefficient (Wildman–Crippen LogP) is 2.32. The van der Waals surface area contributed by atoms with Gasteiger partial charge in [-0.05, 0) is 24.3 Å². The van der Waals surface area contributed by atoms with E-state index in [1.54, 1.807) is 70.3 Å². The molecule has 4 aromatic rings. The van der Waals surface area contributed by atoms with E-state index in [0.29, 0.717) is 11.6 Å². The first-order chi connectivity index (χ1) is 12.5. The monoisotopic (exact) mass is 350 g/mol. The van der Waals surface area contributed by atoms with Crippen molar-refractivity contribution in [3.8, 4) is 22.9 Å². The third-order valence-electron chi connectivity index (χ3n) is 3.49. The highest BCUT2D eigenvalue weighted by atomic mass is 16.3. The minimum absolute atomic E-state index is 0.201. The molecule has 0 saturated carbocycles. The van der Waals surface area contributed by atoms with E-state index in [1.807, 2.05) is 12.1 Å². The largest absolute Gasteiger partial charge is 0.508 e. The van der Waals surface area contributed by atoms with Gasteiger partial charge in [-0.1, -0.05) is 12.1 Å². The van der Waals surface area contributed by atoms with Gasteiger partial charge in [0.15, 0.2) is 0 Å². The standard InChI is InChI=1S/2C9H9N3O/c2*10-9-4-5-11-12(9)7-2-1-3-8(13)6-7/h2*1-6,13H,10H2. The van der Waals surface area contributed by atoms with Crippen molar-refractivity contribution >= 4 is 11.6 Å². The van der Waals surface area contributed by atoms with E-state index in [0.717, 1.165) is 11.4 Å². The second-order valence-corrected chi connectivity index (χ2v) is 5.38. The fourth-order valence-electron chi connectivity index (χ4n) is 2.31. The summed E-state index contributed by atoms with van der Waals surface area (Å²) in [6, 6.07) is 16.9. The Kier molecular flexibility index (Phi) is 4.75. The fourth-order valence-corrected chi connectivity index (χ4v) is 2.31. The number of anilines is 2. The van der Waals surface area contributed by atoms with Crippen molar-refractivity contribution in [3.63, 3.8) is 0 Å². The van der Waals surface area contributed by atoms with Crippen molar-refractivity contribution in [2.45, 2.75) is 0 Å². The van der Waals surface area contributed by atoms with Gasteiger partial charge in [-0.15, -0.1) is 0 Å². The van der Waals surface area contributed by atoms with E-state index in [4.69, 9.17) is 11.5 Å². The molecule has 2 aromatic heterocycles. The van der Waals surface area contributed by atoms with Crippen LogP contribution < -0.4 is 11.5 Å². The van der Waals surface area contributed by atoms with Gasteiger partial charge in [0.1, 0.15) is 23.1 Å². The number of hydrogen-bond donors (Lipinski definition) is 4. The first-order valence-corrected chi connectivity index (χ1v) is 7.72. The molecule has 0 aliphatic heterocycles. The zero-order valence-electron chi connectivity index (χ0n) is 13.8. The van der Waals surface area contributed by atoms with Gasteiger partial charge in [0.25, 0.3) is 0 Å². The molecule has 0 amide bonds. The van der Waals surface area contributed by atoms with E-state index in [-0.39, 0.29) is 11.5 Å². The molecule has 8 nitrogen and oxygen atoms in total. The molecule has 2 heterocycles. The van der Waals surface area contributed by atoms with Crippen LogP contribution >= 0.6 is 0 Å². The zero-order chi connectivity index (χ0) is 18.5. The van der Waals surface area contributed by atoms with Gasteiger partial charge in [0.05, 0.1) is 23.8 Å². The number of aromatic nitrogens is 4. The normalized spacial score (nSPS) is 10.2. The molecule has 0 atom stereocenters. The Bertz CT molecular complexity index is 926. The van der Waals surface area contributed by atoms with Crippen LogP contribution in [0.25, 0.3) is 11.4 Å². The highest BCUT2D eigenvalue weighted by Crippen LogP contribution is 2.17. The molecule has 0 bridgehead atoms. The van der Waals surface area contributed by atoms with Crippen LogP contribution in [0.3, 0.4) is 0 Å². The van der Waals surface area contributed by atoms with E-state index in [2.05, 4.69) is 10.2 Å². The molecule has 0 unspecified atom stereocenters. The number of nitrogen functional groups attached to an aromatic ring is 2. The average Bonchev–Trinajstić information content (AvgIpc) is 3.24. The van der Waals surface area contributed by atoms with Crippen LogP contribution in [0.4, 0.5) is 11.6 Å². The lowest BCUT2D eigenvalue weighted by atomic mass is 10.3. The summed E-state index contributed by atoms with van der Waals surface area (Å²) in [5, 5.41) is 26.5. The Morgan fingerprint density at radius 1 is 0.654 bits per heavy atom. The van der Waals surface area contributed by atoms with Gasteiger partial charge in [-0.2, -0.15) is 10.2 Å². The molecule has 26 heavy (non-hydrogen) atoms. The highest BCUT2D eigenvalue weighted by Gasteiger charge is 2.01. The number of nitrogens with zero attached hydrogens (tertiary/aromatic N) is 4. The van der Waals surface area contributed by atoms with Crippen LogP contribution in [0.1, 0.15) is 0 Å². The van der Waals surface area contributed by atoms with Gasteiger partial charge < -0.3 is 21.7 Å². The molecule has 0 radical (unpaired) electrons. The molecule has 0 spiro atoms. The first kappa shape index (κ1) is 16.9. The summed E-state index contributed by atoms with van der Waals surface area (Å²) >= 11 is 0. The molecule has 0 fully saturated rings. The van der Waals surface area contributed by atoms with Gasteiger partial charge in [0.2, 0.25) is 0 Å². The van der Waals surface area contributed by atoms with Crippen LogP contribution in [0.5, 0.6) is 11.5 Å². The summed E-state index contributed by atoms with van der Waals surface area (Å²) in [6.45, 7) is 0. The second kappa shape index (κ2) is 7.31. The topological polar surface area (TPSA) is 128 Å². The summed E-state index contributed by atoms with van der Waals surface area (Å²) in [6.07, 6.45) is 3.22. The van der Waals surface area contributed by atoms with Crippen LogP contribution in [0, 0.1) is 0 Å². The smallest absolute Gasteiger partial charge is 0.127 e. The number of hydrogen-bond acceptors (Lipinski definition) is 6. The minimum Gasteiger partial charge on any atom is -0.508 e. The maximum Gasteiger partial charge on any atom is 0.127 e. The molecule has 4 rings (SSSR count). The molecule has 0 aliphatic rings. The highest BCUT2D eigenvalue weighted by molar-refractivity contribution is 5.45. The van der Waals surface area contributed by atoms with Gasteiger partial charge >= 0.3 is 0 Å². The Morgan fingerprint density at radius 3 is 1.38 bits per heavy atom. The summed E-state index contributed by atoms with van der Waals surface area (Å²) in [4.78, 5) is 0. The molecule has 8 heteroatoms. The van der Waals surface area contributed by atoms with Crippen LogP contribution in [-0.2, 0) is 0 Å². The number of phenolic OH excluding ortho intramolecular Hbond substituents is 2. The average molecular weight is 350 g/mol. The summed E-state index contributed by atoms with van der Waals surface area (Å²) in [5.41, 5.74) is 12.8. The van der Waals surface area contributed by atoms with E-state index in [1.165, 1.54) is 0 Å². The lowest BCUT2D eigenvalue weighted by Crippen LogP contribution is -2.00. The van der Waals surface area contributed by atoms with Crippen molar-refractivity contribution in [3.05, 3.63) is 73.1 Å². The summed E-state index contributed by atoms with van der Waals surface area (Å²) in [7, 11) is 0. The van der Waals surface area contributed by atoms with Gasteiger partial charge in [-0.3, -0.25) is 0 Å². The maximum absolute atomic E-state index is 9.22. The van der Waals surface area contributed by atoms with E-state index < -0.39 is 0 Å². The summed E-state index contributed by atoms with van der Waals surface area (Å²) in [5.74, 6) is 1.50. The molecule has 0 saturated heterocycles. The first-order valence-electron chi connectivity index (χ1n) is 7.72. The van der Waals surface area contributed by atoms with Crippen LogP contribution in [0.15, 0.2) is 73.1 Å². The predicted molar refractivity (Wildman–Crippen MR) is 99.3 cm³/mol. The third kappa shape index (κ3) is 3.75. The molecule has 0 aliphatic carbocycles. The van der Waals surface area contributed by atoms with Crippen LogP contribution in [-0.4, -0.2) is 29.8 Å². The van der Waals surface area contributed by atoms with Crippen molar-refractivity contribution in [2.24, 2.45) is 0 Å². The van der Waals surface area contributed by atoms with Gasteiger partial charge in [-0.25, -0.2) is 9.36 Å². The Morgan fingerprint density at radius 2 is 1.08 bits per heavy atom. The Hall–Kier alpha value is -3.94. The van der Waals surface area contributed by atoms with Crippen molar-refractivity contribution in [1.82, 2.24) is 19.6 Å². The lowest BCUT2D eigenvalue weighted by Gasteiger charge is -2.03. The summed E-state index contributed by atoms with van der Waals surface area (Å²) < 4.78 is 3.11. The molecular weight excluding hydrogens is 332 g/mol. The number of nitrogens with two attached hydrogens (primary N) is 2. The molecule has 132 valence electrons. The second-order valence-electron chi connectivity index (χ2n) is 5.38. The number of rotatable bonds is 2. The van der Waals surface area contributed by atoms with Crippen molar-refractivity contribution < 1.29 is 10.2 Å². The molecular formula is C18H18N6O2.